The lowest BCUT2D eigenvalue weighted by Crippen LogP contribution is -2.09. The van der Waals surface area contributed by atoms with Gasteiger partial charge in [-0.25, -0.2) is 0 Å². The fourth-order valence-corrected chi connectivity index (χ4v) is 2.39. The Bertz CT molecular complexity index is 409. The van der Waals surface area contributed by atoms with Crippen LogP contribution in [0.4, 0.5) is 0 Å². The average Bonchev–Trinajstić information content (AvgIpc) is 2.82. The molecule has 0 aromatic heterocycles. The predicted octanol–water partition coefficient (Wildman–Crippen LogP) is 3.79. The molecular formula is C14H17ClO2. The second kappa shape index (κ2) is 5.65. The zero-order chi connectivity index (χ0) is 12.3. The molecule has 1 unspecified atom stereocenters. The topological polar surface area (TPSA) is 26.3 Å². The summed E-state index contributed by atoms with van der Waals surface area (Å²) in [5.74, 6) is 0.120. The third-order valence-electron chi connectivity index (χ3n) is 3.21. The largest absolute Gasteiger partial charge is 0.378 e. The minimum absolute atomic E-state index is 0.120. The van der Waals surface area contributed by atoms with Crippen molar-refractivity contribution in [3.05, 3.63) is 34.3 Å². The Hall–Kier alpha value is -0.860. The predicted molar refractivity (Wildman–Crippen MR) is 68.7 cm³/mol. The van der Waals surface area contributed by atoms with Crippen LogP contribution in [0.25, 0.3) is 0 Å². The smallest absolute Gasteiger partial charge is 0.164 e. The van der Waals surface area contributed by atoms with Crippen molar-refractivity contribution >= 4 is 17.4 Å². The number of halogens is 1. The van der Waals surface area contributed by atoms with E-state index in [2.05, 4.69) is 0 Å². The van der Waals surface area contributed by atoms with E-state index in [1.807, 2.05) is 19.1 Å². The molecule has 1 aromatic rings. The zero-order valence-electron chi connectivity index (χ0n) is 10.0. The van der Waals surface area contributed by atoms with Gasteiger partial charge in [0.05, 0.1) is 11.1 Å². The summed E-state index contributed by atoms with van der Waals surface area (Å²) in [6.07, 6.45) is 3.79. The maximum absolute atomic E-state index is 12.0. The quantitative estimate of drug-likeness (QED) is 0.762. The van der Waals surface area contributed by atoms with E-state index in [9.17, 15) is 4.79 Å². The van der Waals surface area contributed by atoms with Crippen molar-refractivity contribution in [2.75, 3.05) is 6.61 Å². The van der Waals surface area contributed by atoms with Crippen LogP contribution in [0.1, 0.15) is 41.6 Å². The van der Waals surface area contributed by atoms with Gasteiger partial charge in [-0.15, -0.1) is 0 Å². The minimum atomic E-state index is 0.120. The van der Waals surface area contributed by atoms with Crippen LogP contribution in [-0.2, 0) is 4.74 Å². The van der Waals surface area contributed by atoms with E-state index in [0.29, 0.717) is 17.0 Å². The van der Waals surface area contributed by atoms with Gasteiger partial charge in [-0.2, -0.15) is 0 Å². The van der Waals surface area contributed by atoms with Gasteiger partial charge in [-0.05, 0) is 37.8 Å². The summed E-state index contributed by atoms with van der Waals surface area (Å²) in [6, 6.07) is 5.59. The summed E-state index contributed by atoms with van der Waals surface area (Å²) >= 11 is 6.13. The second-order valence-corrected chi connectivity index (χ2v) is 4.91. The Morgan fingerprint density at radius 1 is 1.53 bits per heavy atom. The monoisotopic (exact) mass is 252 g/mol. The number of benzene rings is 1. The lowest BCUT2D eigenvalue weighted by atomic mass is 10.0. The van der Waals surface area contributed by atoms with E-state index in [1.54, 1.807) is 6.07 Å². The molecule has 92 valence electrons. The first-order valence-corrected chi connectivity index (χ1v) is 6.46. The molecule has 1 aliphatic rings. The van der Waals surface area contributed by atoms with Crippen molar-refractivity contribution < 1.29 is 9.53 Å². The molecule has 0 saturated carbocycles. The molecule has 1 fully saturated rings. The number of ketones is 1. The SMILES string of the molecule is Cc1cccc(C(=O)CCC2CCCO2)c1Cl. The molecule has 1 heterocycles. The van der Waals surface area contributed by atoms with Crippen molar-refractivity contribution in [2.45, 2.75) is 38.7 Å². The highest BCUT2D eigenvalue weighted by Crippen LogP contribution is 2.23. The number of carbonyl (C=O) groups excluding carboxylic acids is 1. The van der Waals surface area contributed by atoms with Crippen molar-refractivity contribution in [3.63, 3.8) is 0 Å². The van der Waals surface area contributed by atoms with Gasteiger partial charge in [0.2, 0.25) is 0 Å². The highest BCUT2D eigenvalue weighted by molar-refractivity contribution is 6.34. The molecule has 1 atom stereocenters. The molecule has 2 nitrogen and oxygen atoms in total. The summed E-state index contributed by atoms with van der Waals surface area (Å²) in [6.45, 7) is 2.75. The van der Waals surface area contributed by atoms with Gasteiger partial charge >= 0.3 is 0 Å². The summed E-state index contributed by atoms with van der Waals surface area (Å²) in [4.78, 5) is 12.0. The maximum atomic E-state index is 12.0. The molecule has 1 aromatic carbocycles. The van der Waals surface area contributed by atoms with Crippen LogP contribution in [0, 0.1) is 6.92 Å². The summed E-state index contributed by atoms with van der Waals surface area (Å²) in [7, 11) is 0. The van der Waals surface area contributed by atoms with Crippen LogP contribution in [0.2, 0.25) is 5.02 Å². The third-order valence-corrected chi connectivity index (χ3v) is 3.71. The zero-order valence-corrected chi connectivity index (χ0v) is 10.8. The lowest BCUT2D eigenvalue weighted by Gasteiger charge is -2.09. The Morgan fingerprint density at radius 3 is 3.06 bits per heavy atom. The number of ether oxygens (including phenoxy) is 1. The molecule has 0 radical (unpaired) electrons. The highest BCUT2D eigenvalue weighted by Gasteiger charge is 2.18. The molecular weight excluding hydrogens is 236 g/mol. The van der Waals surface area contributed by atoms with Gasteiger partial charge in [0.1, 0.15) is 0 Å². The number of Topliss-reactive ketones (excluding diaryl/α,β-unsaturated/α-hetero) is 1. The summed E-state index contributed by atoms with van der Waals surface area (Å²) < 4.78 is 5.51. The van der Waals surface area contributed by atoms with Crippen LogP contribution in [-0.4, -0.2) is 18.5 Å². The van der Waals surface area contributed by atoms with Crippen LogP contribution in [0.3, 0.4) is 0 Å². The van der Waals surface area contributed by atoms with E-state index in [4.69, 9.17) is 16.3 Å². The molecule has 1 saturated heterocycles. The van der Waals surface area contributed by atoms with Crippen molar-refractivity contribution in [1.29, 1.82) is 0 Å². The molecule has 0 N–H and O–H groups in total. The van der Waals surface area contributed by atoms with Crippen molar-refractivity contribution in [2.24, 2.45) is 0 Å². The first-order valence-electron chi connectivity index (χ1n) is 6.08. The van der Waals surface area contributed by atoms with Gasteiger partial charge < -0.3 is 4.74 Å². The third kappa shape index (κ3) is 3.08. The number of aryl methyl sites for hydroxylation is 1. The van der Waals surface area contributed by atoms with Gasteiger partial charge in [0.25, 0.3) is 0 Å². The van der Waals surface area contributed by atoms with E-state index < -0.39 is 0 Å². The van der Waals surface area contributed by atoms with Gasteiger partial charge in [0, 0.05) is 18.6 Å². The molecule has 0 spiro atoms. The summed E-state index contributed by atoms with van der Waals surface area (Å²) in [5, 5.41) is 0.588. The maximum Gasteiger partial charge on any atom is 0.164 e. The Labute approximate surface area is 107 Å². The minimum Gasteiger partial charge on any atom is -0.378 e. The van der Waals surface area contributed by atoms with E-state index in [1.165, 1.54) is 0 Å². The fourth-order valence-electron chi connectivity index (χ4n) is 2.16. The highest BCUT2D eigenvalue weighted by atomic mass is 35.5. The van der Waals surface area contributed by atoms with Crippen LogP contribution in [0.15, 0.2) is 18.2 Å². The first kappa shape index (κ1) is 12.6. The average molecular weight is 253 g/mol. The van der Waals surface area contributed by atoms with Gasteiger partial charge in [-0.1, -0.05) is 23.7 Å². The van der Waals surface area contributed by atoms with Crippen molar-refractivity contribution in [3.8, 4) is 0 Å². The summed E-state index contributed by atoms with van der Waals surface area (Å²) in [5.41, 5.74) is 1.60. The molecule has 0 bridgehead atoms. The second-order valence-electron chi connectivity index (χ2n) is 4.53. The van der Waals surface area contributed by atoms with Gasteiger partial charge in [0.15, 0.2) is 5.78 Å². The van der Waals surface area contributed by atoms with Crippen molar-refractivity contribution in [1.82, 2.24) is 0 Å². The molecule has 3 heteroatoms. The van der Waals surface area contributed by atoms with Crippen LogP contribution >= 0.6 is 11.6 Å². The first-order chi connectivity index (χ1) is 8.18. The Kier molecular flexibility index (Phi) is 4.19. The lowest BCUT2D eigenvalue weighted by molar-refractivity contribution is 0.0859. The standard InChI is InChI=1S/C14H17ClO2/c1-10-4-2-6-12(14(10)15)13(16)8-7-11-5-3-9-17-11/h2,4,6,11H,3,5,7-9H2,1H3. The number of hydrogen-bond acceptors (Lipinski definition) is 2. The molecule has 2 rings (SSSR count). The molecule has 0 amide bonds. The Morgan fingerprint density at radius 2 is 2.35 bits per heavy atom. The Balaban J connectivity index is 1.97. The molecule has 1 aliphatic heterocycles. The van der Waals surface area contributed by atoms with E-state index in [-0.39, 0.29) is 11.9 Å². The van der Waals surface area contributed by atoms with E-state index >= 15 is 0 Å². The number of hydrogen-bond donors (Lipinski definition) is 0. The number of rotatable bonds is 4. The van der Waals surface area contributed by atoms with Crippen LogP contribution < -0.4 is 0 Å². The fraction of sp³-hybridized carbons (Fsp3) is 0.500. The normalized spacial score (nSPS) is 19.5. The number of carbonyl (C=O) groups is 1. The van der Waals surface area contributed by atoms with Gasteiger partial charge in [-0.3, -0.25) is 4.79 Å². The van der Waals surface area contributed by atoms with Crippen LogP contribution in [0.5, 0.6) is 0 Å². The van der Waals surface area contributed by atoms with E-state index in [0.717, 1.165) is 31.4 Å². The molecule has 0 aliphatic carbocycles. The molecule has 17 heavy (non-hydrogen) atoms.